The lowest BCUT2D eigenvalue weighted by Crippen LogP contribution is -2.33. The van der Waals surface area contributed by atoms with Gasteiger partial charge in [-0.25, -0.2) is 0 Å². The third-order valence-electron chi connectivity index (χ3n) is 3.52. The Hall–Kier alpha value is -0.940. The summed E-state index contributed by atoms with van der Waals surface area (Å²) in [6.07, 6.45) is 5.87. The Balaban J connectivity index is 1.81. The van der Waals surface area contributed by atoms with Crippen LogP contribution < -0.4 is 5.32 Å². The van der Waals surface area contributed by atoms with Crippen LogP contribution in [-0.2, 0) is 11.3 Å². The first-order chi connectivity index (χ1) is 8.83. The number of ether oxygens (including phenoxy) is 1. The van der Waals surface area contributed by atoms with Crippen LogP contribution in [0.3, 0.4) is 0 Å². The van der Waals surface area contributed by atoms with Crippen molar-refractivity contribution in [2.24, 2.45) is 0 Å². The summed E-state index contributed by atoms with van der Waals surface area (Å²) >= 11 is 0. The third kappa shape index (κ3) is 3.53. The van der Waals surface area contributed by atoms with E-state index in [2.05, 4.69) is 22.4 Å². The Bertz CT molecular complexity index is 346. The fourth-order valence-corrected chi connectivity index (χ4v) is 2.51. The Kier molecular flexibility index (Phi) is 5.13. The predicted molar refractivity (Wildman–Crippen MR) is 68.3 cm³/mol. The fourth-order valence-electron chi connectivity index (χ4n) is 2.51. The highest BCUT2D eigenvalue weighted by Gasteiger charge is 2.25. The average molecular weight is 253 g/mol. The second-order valence-electron chi connectivity index (χ2n) is 4.98. The molecule has 0 amide bonds. The second-order valence-corrected chi connectivity index (χ2v) is 4.98. The van der Waals surface area contributed by atoms with Crippen LogP contribution in [0.5, 0.6) is 0 Å². The van der Waals surface area contributed by atoms with Gasteiger partial charge in [0.15, 0.2) is 5.82 Å². The summed E-state index contributed by atoms with van der Waals surface area (Å²) in [5, 5.41) is 7.51. The van der Waals surface area contributed by atoms with Crippen molar-refractivity contribution >= 4 is 0 Å². The second kappa shape index (κ2) is 6.85. The topological polar surface area (TPSA) is 60.2 Å². The molecule has 1 aromatic heterocycles. The van der Waals surface area contributed by atoms with E-state index in [-0.39, 0.29) is 0 Å². The molecule has 2 rings (SSSR count). The molecule has 0 aliphatic heterocycles. The maximum atomic E-state index is 5.31. The van der Waals surface area contributed by atoms with E-state index in [9.17, 15) is 0 Å². The van der Waals surface area contributed by atoms with Gasteiger partial charge in [-0.15, -0.1) is 0 Å². The highest BCUT2D eigenvalue weighted by Crippen LogP contribution is 2.31. The first kappa shape index (κ1) is 13.5. The summed E-state index contributed by atoms with van der Waals surface area (Å²) in [6.45, 7) is 3.75. The first-order valence-electron chi connectivity index (χ1n) is 6.88. The molecule has 5 nitrogen and oxygen atoms in total. The van der Waals surface area contributed by atoms with Crippen molar-refractivity contribution in [1.82, 2.24) is 15.5 Å². The van der Waals surface area contributed by atoms with Gasteiger partial charge in [0.2, 0.25) is 5.89 Å². The number of nitrogens with zero attached hydrogens (tertiary/aromatic N) is 2. The van der Waals surface area contributed by atoms with Gasteiger partial charge in [0, 0.05) is 19.1 Å². The molecule has 1 aromatic rings. The van der Waals surface area contributed by atoms with E-state index in [4.69, 9.17) is 9.26 Å². The zero-order valence-corrected chi connectivity index (χ0v) is 11.3. The normalized spacial score (nSPS) is 24.3. The minimum Gasteiger partial charge on any atom is -0.377 e. The summed E-state index contributed by atoms with van der Waals surface area (Å²) in [6, 6.07) is 0.669. The number of aromatic nitrogens is 2. The zero-order chi connectivity index (χ0) is 12.8. The molecule has 18 heavy (non-hydrogen) atoms. The molecule has 0 radical (unpaired) electrons. The maximum Gasteiger partial charge on any atom is 0.229 e. The zero-order valence-electron chi connectivity index (χ0n) is 11.3. The van der Waals surface area contributed by atoms with Crippen molar-refractivity contribution in [3.8, 4) is 0 Å². The largest absolute Gasteiger partial charge is 0.377 e. The predicted octanol–water partition coefficient (Wildman–Crippen LogP) is 2.24. The lowest BCUT2D eigenvalue weighted by Gasteiger charge is -2.27. The van der Waals surface area contributed by atoms with Crippen LogP contribution in [0.4, 0.5) is 0 Å². The van der Waals surface area contributed by atoms with Gasteiger partial charge in [0.25, 0.3) is 0 Å². The van der Waals surface area contributed by atoms with E-state index < -0.39 is 0 Å². The molecule has 1 aliphatic rings. The van der Waals surface area contributed by atoms with Crippen molar-refractivity contribution < 1.29 is 9.26 Å². The smallest absolute Gasteiger partial charge is 0.229 e. The molecular formula is C13H23N3O2. The van der Waals surface area contributed by atoms with Gasteiger partial charge in [0.1, 0.15) is 6.61 Å². The molecule has 0 atom stereocenters. The van der Waals surface area contributed by atoms with Gasteiger partial charge in [-0.2, -0.15) is 4.98 Å². The quantitative estimate of drug-likeness (QED) is 0.842. The number of hydrogen-bond donors (Lipinski definition) is 1. The summed E-state index contributed by atoms with van der Waals surface area (Å²) in [7, 11) is 1.64. The SMILES string of the molecule is CCCNC1CCC(c2nc(COC)no2)CC1. The molecule has 1 saturated carbocycles. The molecule has 1 heterocycles. The Labute approximate surface area is 108 Å². The molecule has 0 saturated heterocycles. The Morgan fingerprint density at radius 2 is 2.11 bits per heavy atom. The summed E-state index contributed by atoms with van der Waals surface area (Å²) < 4.78 is 10.3. The van der Waals surface area contributed by atoms with Crippen molar-refractivity contribution in [2.75, 3.05) is 13.7 Å². The fraction of sp³-hybridized carbons (Fsp3) is 0.846. The molecule has 0 unspecified atom stereocenters. The van der Waals surface area contributed by atoms with Crippen LogP contribution in [0.15, 0.2) is 4.52 Å². The van der Waals surface area contributed by atoms with Gasteiger partial charge >= 0.3 is 0 Å². The van der Waals surface area contributed by atoms with E-state index in [1.54, 1.807) is 7.11 Å². The van der Waals surface area contributed by atoms with Crippen LogP contribution in [0, 0.1) is 0 Å². The molecule has 1 N–H and O–H groups in total. The molecule has 0 bridgehead atoms. The highest BCUT2D eigenvalue weighted by atomic mass is 16.5. The monoisotopic (exact) mass is 253 g/mol. The number of methoxy groups -OCH3 is 1. The van der Waals surface area contributed by atoms with Gasteiger partial charge in [-0.1, -0.05) is 12.1 Å². The minimum atomic E-state index is 0.427. The number of nitrogens with one attached hydrogen (secondary N) is 1. The standard InChI is InChI=1S/C13H23N3O2/c1-3-8-14-11-6-4-10(5-7-11)13-15-12(9-17-2)16-18-13/h10-11,14H,3-9H2,1-2H3. The van der Waals surface area contributed by atoms with Crippen LogP contribution in [0.1, 0.15) is 56.7 Å². The molecular weight excluding hydrogens is 230 g/mol. The van der Waals surface area contributed by atoms with E-state index in [0.29, 0.717) is 24.4 Å². The summed E-state index contributed by atoms with van der Waals surface area (Å²) in [5.41, 5.74) is 0. The van der Waals surface area contributed by atoms with Crippen LogP contribution in [0.2, 0.25) is 0 Å². The van der Waals surface area contributed by atoms with Gasteiger partial charge in [-0.3, -0.25) is 0 Å². The highest BCUT2D eigenvalue weighted by molar-refractivity contribution is 4.96. The van der Waals surface area contributed by atoms with E-state index in [1.165, 1.54) is 19.3 Å². The molecule has 0 spiro atoms. The molecule has 1 fully saturated rings. The minimum absolute atomic E-state index is 0.427. The van der Waals surface area contributed by atoms with Crippen LogP contribution >= 0.6 is 0 Å². The number of hydrogen-bond acceptors (Lipinski definition) is 5. The summed E-state index contributed by atoms with van der Waals surface area (Å²) in [5.74, 6) is 1.87. The average Bonchev–Trinajstić information content (AvgIpc) is 2.86. The molecule has 1 aliphatic carbocycles. The van der Waals surface area contributed by atoms with Crippen LogP contribution in [-0.4, -0.2) is 29.8 Å². The third-order valence-corrected chi connectivity index (χ3v) is 3.52. The molecule has 5 heteroatoms. The lowest BCUT2D eigenvalue weighted by atomic mass is 9.86. The molecule has 0 aromatic carbocycles. The van der Waals surface area contributed by atoms with Crippen molar-refractivity contribution in [3.63, 3.8) is 0 Å². The van der Waals surface area contributed by atoms with E-state index >= 15 is 0 Å². The van der Waals surface area contributed by atoms with Gasteiger partial charge in [0.05, 0.1) is 0 Å². The Morgan fingerprint density at radius 1 is 1.33 bits per heavy atom. The van der Waals surface area contributed by atoms with Gasteiger partial charge < -0.3 is 14.6 Å². The van der Waals surface area contributed by atoms with Gasteiger partial charge in [-0.05, 0) is 38.6 Å². The van der Waals surface area contributed by atoms with Crippen molar-refractivity contribution in [2.45, 2.75) is 57.6 Å². The maximum absolute atomic E-state index is 5.31. The summed E-state index contributed by atoms with van der Waals surface area (Å²) in [4.78, 5) is 4.39. The Morgan fingerprint density at radius 3 is 2.78 bits per heavy atom. The van der Waals surface area contributed by atoms with E-state index in [1.807, 2.05) is 0 Å². The van der Waals surface area contributed by atoms with Crippen molar-refractivity contribution in [1.29, 1.82) is 0 Å². The lowest BCUT2D eigenvalue weighted by molar-refractivity contribution is 0.174. The molecule has 102 valence electrons. The first-order valence-corrected chi connectivity index (χ1v) is 6.88. The van der Waals surface area contributed by atoms with Crippen molar-refractivity contribution in [3.05, 3.63) is 11.7 Å². The number of rotatable bonds is 6. The van der Waals surface area contributed by atoms with Crippen LogP contribution in [0.25, 0.3) is 0 Å². The van der Waals surface area contributed by atoms with E-state index in [0.717, 1.165) is 25.3 Å².